The summed E-state index contributed by atoms with van der Waals surface area (Å²) in [5.74, 6) is -1.15. The van der Waals surface area contributed by atoms with E-state index >= 15 is 0 Å². The van der Waals surface area contributed by atoms with E-state index in [0.717, 1.165) is 25.9 Å². The molecule has 24 heavy (non-hydrogen) atoms. The topological polar surface area (TPSA) is 58.6 Å². The number of ether oxygens (including phenoxy) is 1. The van der Waals surface area contributed by atoms with Gasteiger partial charge in [-0.3, -0.25) is 0 Å². The van der Waals surface area contributed by atoms with Gasteiger partial charge >= 0.3 is 5.97 Å². The van der Waals surface area contributed by atoms with Crippen molar-refractivity contribution in [2.45, 2.75) is 50.0 Å². The van der Waals surface area contributed by atoms with E-state index in [4.69, 9.17) is 16.3 Å². The van der Waals surface area contributed by atoms with E-state index in [1.165, 1.54) is 0 Å². The van der Waals surface area contributed by atoms with Crippen LogP contribution >= 0.6 is 11.6 Å². The van der Waals surface area contributed by atoms with Crippen LogP contribution in [0.5, 0.6) is 0 Å². The predicted molar refractivity (Wildman–Crippen MR) is 89.6 cm³/mol. The highest BCUT2D eigenvalue weighted by Crippen LogP contribution is 2.43. The molecule has 1 unspecified atom stereocenters. The second-order valence-electron chi connectivity index (χ2n) is 6.74. The van der Waals surface area contributed by atoms with Crippen LogP contribution < -0.4 is 5.32 Å². The van der Waals surface area contributed by atoms with Crippen LogP contribution in [-0.4, -0.2) is 36.4 Å². The van der Waals surface area contributed by atoms with Crippen LogP contribution in [0, 0.1) is 5.92 Å². The fourth-order valence-corrected chi connectivity index (χ4v) is 3.81. The van der Waals surface area contributed by atoms with Gasteiger partial charge in [-0.05, 0) is 62.9 Å². The summed E-state index contributed by atoms with van der Waals surface area (Å²) in [5, 5.41) is 15.0. The van der Waals surface area contributed by atoms with Crippen molar-refractivity contribution in [3.05, 3.63) is 34.9 Å². The largest absolute Gasteiger partial charge is 0.460 e. The summed E-state index contributed by atoms with van der Waals surface area (Å²) < 4.78 is 19.3. The lowest BCUT2D eigenvalue weighted by molar-refractivity contribution is -0.180. The summed E-state index contributed by atoms with van der Waals surface area (Å²) in [6.45, 7) is 1.57. The number of nitrogens with one attached hydrogen (secondary N) is 1. The lowest BCUT2D eigenvalue weighted by atomic mass is 9.80. The minimum Gasteiger partial charge on any atom is -0.460 e. The summed E-state index contributed by atoms with van der Waals surface area (Å²) in [7, 11) is 0. The maximum atomic E-state index is 13.7. The molecule has 6 heteroatoms. The van der Waals surface area contributed by atoms with Crippen LogP contribution in [0.15, 0.2) is 24.3 Å². The summed E-state index contributed by atoms with van der Waals surface area (Å²) in [4.78, 5) is 12.9. The predicted octanol–water partition coefficient (Wildman–Crippen LogP) is 2.96. The third-order valence-electron chi connectivity index (χ3n) is 5.11. The molecule has 0 spiro atoms. The molecule has 1 heterocycles. The number of carbonyl (C=O) groups excluding carboxylic acids is 1. The Morgan fingerprint density at radius 1 is 1.21 bits per heavy atom. The Balaban J connectivity index is 1.85. The molecule has 2 fully saturated rings. The van der Waals surface area contributed by atoms with Gasteiger partial charge < -0.3 is 15.2 Å². The number of esters is 1. The van der Waals surface area contributed by atoms with E-state index in [-0.39, 0.29) is 12.5 Å². The SMILES string of the molecule is O=C(OC1CCNCC1)[C@](O)(c1ccc(Cl)cc1)[C@@H]1CCC(F)C1. The zero-order chi connectivity index (χ0) is 17.2. The first-order valence-electron chi connectivity index (χ1n) is 8.54. The van der Waals surface area contributed by atoms with Gasteiger partial charge in [0, 0.05) is 10.9 Å². The van der Waals surface area contributed by atoms with Gasteiger partial charge in [-0.15, -0.1) is 0 Å². The Hall–Kier alpha value is -1.17. The van der Waals surface area contributed by atoms with Crippen molar-refractivity contribution in [2.75, 3.05) is 13.1 Å². The molecule has 0 aromatic heterocycles. The summed E-state index contributed by atoms with van der Waals surface area (Å²) >= 11 is 5.92. The molecule has 3 rings (SSSR count). The van der Waals surface area contributed by atoms with Crippen LogP contribution in [0.1, 0.15) is 37.7 Å². The Bertz CT molecular complexity index is 576. The van der Waals surface area contributed by atoms with Gasteiger partial charge in [0.15, 0.2) is 5.60 Å². The fourth-order valence-electron chi connectivity index (χ4n) is 3.68. The number of halogens is 2. The number of rotatable bonds is 4. The van der Waals surface area contributed by atoms with Crippen LogP contribution in [0.3, 0.4) is 0 Å². The second kappa shape index (κ2) is 7.38. The molecule has 1 aliphatic heterocycles. The molecule has 1 aromatic carbocycles. The quantitative estimate of drug-likeness (QED) is 0.815. The van der Waals surface area contributed by atoms with Crippen molar-refractivity contribution in [1.82, 2.24) is 5.32 Å². The Kier molecular flexibility index (Phi) is 5.42. The summed E-state index contributed by atoms with van der Waals surface area (Å²) in [6, 6.07) is 6.50. The molecule has 0 bridgehead atoms. The van der Waals surface area contributed by atoms with Gasteiger partial charge in [-0.25, -0.2) is 9.18 Å². The van der Waals surface area contributed by atoms with E-state index in [1.807, 2.05) is 0 Å². The average molecular weight is 356 g/mol. The maximum Gasteiger partial charge on any atom is 0.343 e. The molecule has 2 N–H and O–H groups in total. The van der Waals surface area contributed by atoms with Crippen molar-refractivity contribution >= 4 is 17.6 Å². The minimum atomic E-state index is -1.82. The smallest absolute Gasteiger partial charge is 0.343 e. The molecule has 132 valence electrons. The van der Waals surface area contributed by atoms with Crippen molar-refractivity contribution < 1.29 is 19.0 Å². The van der Waals surface area contributed by atoms with E-state index < -0.39 is 23.7 Å². The van der Waals surface area contributed by atoms with Gasteiger partial charge in [0.25, 0.3) is 0 Å². The highest BCUT2D eigenvalue weighted by molar-refractivity contribution is 6.30. The molecular weight excluding hydrogens is 333 g/mol. The molecule has 2 aliphatic rings. The maximum absolute atomic E-state index is 13.7. The van der Waals surface area contributed by atoms with Crippen molar-refractivity contribution in [1.29, 1.82) is 0 Å². The number of benzene rings is 1. The zero-order valence-electron chi connectivity index (χ0n) is 13.5. The Labute approximate surface area is 146 Å². The Morgan fingerprint density at radius 2 is 1.88 bits per heavy atom. The molecule has 1 saturated heterocycles. The molecule has 1 aromatic rings. The van der Waals surface area contributed by atoms with Crippen molar-refractivity contribution in [3.8, 4) is 0 Å². The highest BCUT2D eigenvalue weighted by Gasteiger charge is 2.50. The van der Waals surface area contributed by atoms with Gasteiger partial charge in [-0.2, -0.15) is 0 Å². The molecule has 4 nitrogen and oxygen atoms in total. The van der Waals surface area contributed by atoms with Crippen LogP contribution in [0.2, 0.25) is 5.02 Å². The van der Waals surface area contributed by atoms with Gasteiger partial charge in [0.1, 0.15) is 12.3 Å². The lowest BCUT2D eigenvalue weighted by Crippen LogP contribution is -2.46. The van der Waals surface area contributed by atoms with Gasteiger partial charge in [0.05, 0.1) is 0 Å². The number of alkyl halides is 1. The van der Waals surface area contributed by atoms with Crippen LogP contribution in [0.4, 0.5) is 4.39 Å². The van der Waals surface area contributed by atoms with Crippen LogP contribution in [-0.2, 0) is 15.1 Å². The number of carbonyl (C=O) groups is 1. The zero-order valence-corrected chi connectivity index (χ0v) is 14.3. The fraction of sp³-hybridized carbons (Fsp3) is 0.611. The first-order chi connectivity index (χ1) is 11.5. The first-order valence-corrected chi connectivity index (χ1v) is 8.92. The summed E-state index contributed by atoms with van der Waals surface area (Å²) in [5.41, 5.74) is -1.40. The number of piperidine rings is 1. The molecule has 1 saturated carbocycles. The van der Waals surface area contributed by atoms with Gasteiger partial charge in [-0.1, -0.05) is 23.7 Å². The number of hydrogen-bond donors (Lipinski definition) is 2. The molecular formula is C18H23ClFNO3. The highest BCUT2D eigenvalue weighted by atomic mass is 35.5. The summed E-state index contributed by atoms with van der Waals surface area (Å²) in [6.07, 6.45) is 1.24. The third kappa shape index (κ3) is 3.58. The monoisotopic (exact) mass is 355 g/mol. The molecule has 0 amide bonds. The first kappa shape index (κ1) is 17.6. The average Bonchev–Trinajstić information content (AvgIpc) is 3.02. The van der Waals surface area contributed by atoms with E-state index in [0.29, 0.717) is 23.4 Å². The molecule has 0 radical (unpaired) electrons. The second-order valence-corrected chi connectivity index (χ2v) is 7.17. The van der Waals surface area contributed by atoms with Crippen molar-refractivity contribution in [2.24, 2.45) is 5.92 Å². The minimum absolute atomic E-state index is 0.167. The number of hydrogen-bond acceptors (Lipinski definition) is 4. The Morgan fingerprint density at radius 3 is 2.46 bits per heavy atom. The van der Waals surface area contributed by atoms with E-state index in [2.05, 4.69) is 5.32 Å². The van der Waals surface area contributed by atoms with E-state index in [9.17, 15) is 14.3 Å². The third-order valence-corrected chi connectivity index (χ3v) is 5.37. The standard InChI is InChI=1S/C18H23ClFNO3/c19-14-4-1-12(2-5-14)18(23,13-3-6-15(20)11-13)17(22)24-16-7-9-21-10-8-16/h1-2,4-5,13,15-16,21,23H,3,6-11H2/t13-,15?,18+/m1/s1. The number of aliphatic hydroxyl groups is 1. The van der Waals surface area contributed by atoms with Crippen molar-refractivity contribution in [3.63, 3.8) is 0 Å². The van der Waals surface area contributed by atoms with Gasteiger partial charge in [0.2, 0.25) is 0 Å². The molecule has 3 atom stereocenters. The lowest BCUT2D eigenvalue weighted by Gasteiger charge is -2.34. The van der Waals surface area contributed by atoms with E-state index in [1.54, 1.807) is 24.3 Å². The normalized spacial score (nSPS) is 27.6. The van der Waals surface area contributed by atoms with Crippen LogP contribution in [0.25, 0.3) is 0 Å². The molecule has 1 aliphatic carbocycles.